The maximum atomic E-state index is 6.16. The van der Waals surface area contributed by atoms with E-state index in [1.54, 1.807) is 6.20 Å². The maximum Gasteiger partial charge on any atom is 0.0835 e. The van der Waals surface area contributed by atoms with Gasteiger partial charge in [0, 0.05) is 10.7 Å². The lowest BCUT2D eigenvalue weighted by atomic mass is 10.2. The minimum absolute atomic E-state index is 0.513. The summed E-state index contributed by atoms with van der Waals surface area (Å²) >= 11 is 15.6. The zero-order chi connectivity index (χ0) is 13.1. The molecule has 1 aromatic heterocycles. The molecule has 2 rings (SSSR count). The fourth-order valence-corrected chi connectivity index (χ4v) is 2.39. The molecule has 0 saturated heterocycles. The molecule has 1 aromatic carbocycles. The molecule has 0 aliphatic carbocycles. The molecule has 0 saturated carbocycles. The molecule has 2 aromatic rings. The highest BCUT2D eigenvalue weighted by atomic mass is 79.9. The first-order valence-electron chi connectivity index (χ1n) is 5.37. The topological polar surface area (TPSA) is 24.9 Å². The van der Waals surface area contributed by atoms with E-state index in [0.717, 1.165) is 21.4 Å². The van der Waals surface area contributed by atoms with Crippen LogP contribution in [0.2, 0.25) is 10.0 Å². The van der Waals surface area contributed by atoms with Gasteiger partial charge in [-0.15, -0.1) is 0 Å². The fourth-order valence-electron chi connectivity index (χ4n) is 1.54. The van der Waals surface area contributed by atoms with Gasteiger partial charge in [0.15, 0.2) is 0 Å². The number of rotatable bonds is 3. The van der Waals surface area contributed by atoms with E-state index < -0.39 is 0 Å². The zero-order valence-electron chi connectivity index (χ0n) is 9.67. The third-order valence-electron chi connectivity index (χ3n) is 2.60. The fraction of sp³-hybridized carbons (Fsp3) is 0.154. The molecule has 0 aliphatic rings. The van der Waals surface area contributed by atoms with Crippen LogP contribution in [-0.2, 0) is 6.54 Å². The molecule has 5 heteroatoms. The highest BCUT2D eigenvalue weighted by Crippen LogP contribution is 2.35. The van der Waals surface area contributed by atoms with Gasteiger partial charge in [0.1, 0.15) is 0 Å². The van der Waals surface area contributed by atoms with Gasteiger partial charge in [-0.25, -0.2) is 0 Å². The van der Waals surface area contributed by atoms with Crippen molar-refractivity contribution in [1.82, 2.24) is 4.98 Å². The predicted molar refractivity (Wildman–Crippen MR) is 80.5 cm³/mol. The Labute approximate surface area is 124 Å². The van der Waals surface area contributed by atoms with Crippen LogP contribution in [0.3, 0.4) is 0 Å². The Hall–Kier alpha value is -0.770. The van der Waals surface area contributed by atoms with E-state index >= 15 is 0 Å². The quantitative estimate of drug-likeness (QED) is 0.785. The molecule has 0 radical (unpaired) electrons. The van der Waals surface area contributed by atoms with E-state index in [-0.39, 0.29) is 0 Å². The average molecular weight is 346 g/mol. The van der Waals surface area contributed by atoms with Crippen LogP contribution < -0.4 is 5.32 Å². The van der Waals surface area contributed by atoms with Crippen LogP contribution in [0.25, 0.3) is 0 Å². The molecule has 0 fully saturated rings. The summed E-state index contributed by atoms with van der Waals surface area (Å²) in [5, 5.41) is 4.27. The molecular weight excluding hydrogens is 335 g/mol. The van der Waals surface area contributed by atoms with Crippen molar-refractivity contribution >= 4 is 44.8 Å². The summed E-state index contributed by atoms with van der Waals surface area (Å²) in [5.74, 6) is 0. The van der Waals surface area contributed by atoms with Crippen molar-refractivity contribution in [2.75, 3.05) is 5.32 Å². The van der Waals surface area contributed by atoms with E-state index in [1.165, 1.54) is 0 Å². The second-order valence-corrected chi connectivity index (χ2v) is 5.45. The van der Waals surface area contributed by atoms with Crippen LogP contribution in [0.4, 0.5) is 5.69 Å². The van der Waals surface area contributed by atoms with Crippen LogP contribution in [0.1, 0.15) is 11.3 Å². The van der Waals surface area contributed by atoms with Crippen molar-refractivity contribution in [3.8, 4) is 0 Å². The lowest BCUT2D eigenvalue weighted by molar-refractivity contribution is 1.02. The number of benzene rings is 1. The van der Waals surface area contributed by atoms with Gasteiger partial charge < -0.3 is 5.32 Å². The second kappa shape index (κ2) is 5.91. The van der Waals surface area contributed by atoms with Crippen LogP contribution >= 0.6 is 39.1 Å². The van der Waals surface area contributed by atoms with Crippen molar-refractivity contribution < 1.29 is 0 Å². The van der Waals surface area contributed by atoms with E-state index in [9.17, 15) is 0 Å². The SMILES string of the molecule is Cc1cccnc1CNc1ccc(Br)c(Cl)c1Cl. The van der Waals surface area contributed by atoms with Crippen LogP contribution in [0, 0.1) is 6.92 Å². The lowest BCUT2D eigenvalue weighted by Gasteiger charge is -2.11. The van der Waals surface area contributed by atoms with Crippen LogP contribution in [-0.4, -0.2) is 4.98 Å². The molecule has 2 nitrogen and oxygen atoms in total. The minimum atomic E-state index is 0.513. The third-order valence-corrected chi connectivity index (χ3v) is 4.37. The molecule has 0 spiro atoms. The van der Waals surface area contributed by atoms with Gasteiger partial charge in [-0.2, -0.15) is 0 Å². The number of aryl methyl sites for hydroxylation is 1. The molecule has 0 atom stereocenters. The van der Waals surface area contributed by atoms with E-state index in [1.807, 2.05) is 31.2 Å². The van der Waals surface area contributed by atoms with Gasteiger partial charge in [0.05, 0.1) is 28.0 Å². The average Bonchev–Trinajstić information content (AvgIpc) is 2.37. The van der Waals surface area contributed by atoms with Gasteiger partial charge in [-0.3, -0.25) is 4.98 Å². The highest BCUT2D eigenvalue weighted by Gasteiger charge is 2.08. The Morgan fingerprint density at radius 2 is 2.00 bits per heavy atom. The maximum absolute atomic E-state index is 6.16. The number of pyridine rings is 1. The van der Waals surface area contributed by atoms with Gasteiger partial charge in [-0.1, -0.05) is 29.3 Å². The van der Waals surface area contributed by atoms with Gasteiger partial charge in [-0.05, 0) is 46.6 Å². The molecule has 94 valence electrons. The summed E-state index contributed by atoms with van der Waals surface area (Å²) in [6, 6.07) is 7.70. The third kappa shape index (κ3) is 2.97. The minimum Gasteiger partial charge on any atom is -0.378 e. The largest absolute Gasteiger partial charge is 0.378 e. The first-order valence-corrected chi connectivity index (χ1v) is 6.92. The summed E-state index contributed by atoms with van der Waals surface area (Å²) in [6.07, 6.45) is 1.78. The van der Waals surface area contributed by atoms with Crippen molar-refractivity contribution in [2.45, 2.75) is 13.5 Å². The van der Waals surface area contributed by atoms with Crippen molar-refractivity contribution in [3.05, 3.63) is 56.2 Å². The number of aromatic nitrogens is 1. The van der Waals surface area contributed by atoms with E-state index in [0.29, 0.717) is 16.6 Å². The number of nitrogens with one attached hydrogen (secondary N) is 1. The number of halogens is 3. The number of hydrogen-bond acceptors (Lipinski definition) is 2. The second-order valence-electron chi connectivity index (χ2n) is 3.84. The summed E-state index contributed by atoms with van der Waals surface area (Å²) in [4.78, 5) is 4.32. The Balaban J connectivity index is 2.17. The monoisotopic (exact) mass is 344 g/mol. The summed E-state index contributed by atoms with van der Waals surface area (Å²) in [5.41, 5.74) is 2.94. The molecule has 0 amide bonds. The van der Waals surface area contributed by atoms with Gasteiger partial charge in [0.2, 0.25) is 0 Å². The summed E-state index contributed by atoms with van der Waals surface area (Å²) in [6.45, 7) is 2.64. The molecule has 1 heterocycles. The molecule has 18 heavy (non-hydrogen) atoms. The standard InChI is InChI=1S/C13H11BrCl2N2/c1-8-3-2-6-17-11(8)7-18-10-5-4-9(14)12(15)13(10)16/h2-6,18H,7H2,1H3. The Bertz CT molecular complexity index is 573. The molecule has 1 N–H and O–H groups in total. The lowest BCUT2D eigenvalue weighted by Crippen LogP contribution is -2.04. The van der Waals surface area contributed by atoms with Crippen molar-refractivity contribution in [1.29, 1.82) is 0 Å². The normalized spacial score (nSPS) is 10.4. The summed E-state index contributed by atoms with van der Waals surface area (Å²) in [7, 11) is 0. The van der Waals surface area contributed by atoms with E-state index in [4.69, 9.17) is 23.2 Å². The first kappa shape index (κ1) is 13.7. The van der Waals surface area contributed by atoms with Gasteiger partial charge >= 0.3 is 0 Å². The number of nitrogens with zero attached hydrogens (tertiary/aromatic N) is 1. The zero-order valence-corrected chi connectivity index (χ0v) is 12.8. The first-order chi connectivity index (χ1) is 8.59. The Morgan fingerprint density at radius 3 is 2.72 bits per heavy atom. The molecule has 0 bridgehead atoms. The molecule has 0 aliphatic heterocycles. The van der Waals surface area contributed by atoms with Crippen LogP contribution in [0.5, 0.6) is 0 Å². The smallest absolute Gasteiger partial charge is 0.0835 e. The number of hydrogen-bond donors (Lipinski definition) is 1. The Kier molecular flexibility index (Phi) is 4.49. The summed E-state index contributed by atoms with van der Waals surface area (Å²) < 4.78 is 0.786. The number of anilines is 1. The van der Waals surface area contributed by atoms with Crippen LogP contribution in [0.15, 0.2) is 34.9 Å². The van der Waals surface area contributed by atoms with Gasteiger partial charge in [0.25, 0.3) is 0 Å². The van der Waals surface area contributed by atoms with Crippen molar-refractivity contribution in [2.24, 2.45) is 0 Å². The predicted octanol–water partition coefficient (Wildman–Crippen LogP) is 5.07. The molecule has 0 unspecified atom stereocenters. The highest BCUT2D eigenvalue weighted by molar-refractivity contribution is 9.10. The van der Waals surface area contributed by atoms with E-state index in [2.05, 4.69) is 26.2 Å². The Morgan fingerprint density at radius 1 is 1.22 bits per heavy atom. The van der Waals surface area contributed by atoms with Crippen molar-refractivity contribution in [3.63, 3.8) is 0 Å². The molecular formula is C13H11BrCl2N2.